The van der Waals surface area contributed by atoms with Crippen LogP contribution in [0, 0.1) is 20.8 Å². The van der Waals surface area contributed by atoms with Crippen LogP contribution in [-0.4, -0.2) is 49.3 Å². The van der Waals surface area contributed by atoms with E-state index in [9.17, 15) is 19.0 Å². The third-order valence-electron chi connectivity index (χ3n) is 11.8. The van der Waals surface area contributed by atoms with Crippen molar-refractivity contribution in [2.45, 2.75) is 233 Å². The first-order valence-corrected chi connectivity index (χ1v) is 26.3. The van der Waals surface area contributed by atoms with Crippen LogP contribution in [0.1, 0.15) is 221 Å². The number of carbonyl (C=O) groups is 2. The molecular formula is C50H88NO10P. The molecular weight excluding hydrogens is 806 g/mol. The lowest BCUT2D eigenvalue weighted by molar-refractivity contribution is -0.161. The second-order valence-electron chi connectivity index (χ2n) is 17.5. The van der Waals surface area contributed by atoms with Crippen LogP contribution < -0.4 is 5.73 Å². The van der Waals surface area contributed by atoms with Gasteiger partial charge in [-0.3, -0.25) is 18.6 Å². The highest BCUT2D eigenvalue weighted by Crippen LogP contribution is 2.43. The van der Waals surface area contributed by atoms with Crippen molar-refractivity contribution in [3.8, 4) is 0 Å². The zero-order chi connectivity index (χ0) is 45.3. The van der Waals surface area contributed by atoms with Gasteiger partial charge in [0.2, 0.25) is 0 Å². The molecule has 2 rings (SSSR count). The Hall–Kier alpha value is -2.43. The smallest absolute Gasteiger partial charge is 0.466 e. The van der Waals surface area contributed by atoms with Crippen LogP contribution >= 0.6 is 7.82 Å². The fourth-order valence-corrected chi connectivity index (χ4v) is 8.60. The van der Waals surface area contributed by atoms with Crippen molar-refractivity contribution in [2.24, 2.45) is 5.73 Å². The molecule has 2 aromatic heterocycles. The Bertz CT molecular complexity index is 1500. The van der Waals surface area contributed by atoms with E-state index in [-0.39, 0.29) is 32.6 Å². The number of phosphoric ester groups is 1. The number of nitrogens with two attached hydrogens (primary N) is 1. The van der Waals surface area contributed by atoms with Crippen molar-refractivity contribution in [1.29, 1.82) is 0 Å². The number of hydrogen-bond donors (Lipinski definition) is 2. The maximum absolute atomic E-state index is 12.7. The van der Waals surface area contributed by atoms with E-state index in [1.54, 1.807) is 0 Å². The van der Waals surface area contributed by atoms with Gasteiger partial charge in [0.1, 0.15) is 29.6 Å². The molecule has 2 aromatic rings. The van der Waals surface area contributed by atoms with Gasteiger partial charge in [0, 0.05) is 45.1 Å². The second-order valence-corrected chi connectivity index (χ2v) is 18.9. The number of aryl methyl sites for hydroxylation is 5. The zero-order valence-corrected chi connectivity index (χ0v) is 40.7. The minimum absolute atomic E-state index is 0.0443. The minimum Gasteiger partial charge on any atom is -0.466 e. The summed E-state index contributed by atoms with van der Waals surface area (Å²) in [5.74, 6) is 3.79. The third-order valence-corrected chi connectivity index (χ3v) is 12.8. The molecule has 0 aliphatic rings. The fraction of sp³-hybridized carbons (Fsp3) is 0.800. The molecule has 0 saturated carbocycles. The molecule has 1 unspecified atom stereocenters. The highest BCUT2D eigenvalue weighted by Gasteiger charge is 2.26. The summed E-state index contributed by atoms with van der Waals surface area (Å²) in [6, 6.07) is 2.21. The Morgan fingerprint density at radius 3 is 1.56 bits per heavy atom. The van der Waals surface area contributed by atoms with E-state index < -0.39 is 32.5 Å². The van der Waals surface area contributed by atoms with Crippen molar-refractivity contribution in [2.75, 3.05) is 26.4 Å². The number of furan rings is 2. The van der Waals surface area contributed by atoms with Crippen LogP contribution in [-0.2, 0) is 58.4 Å². The molecule has 0 fully saturated rings. The van der Waals surface area contributed by atoms with E-state index in [1.807, 2.05) is 0 Å². The Balaban J connectivity index is 1.54. The van der Waals surface area contributed by atoms with Gasteiger partial charge in [0.25, 0.3) is 0 Å². The Morgan fingerprint density at radius 2 is 1.05 bits per heavy atom. The standard InChI is InChI=1S/C50H88NO10P/c1-6-8-24-30-44-38-41(3)46(59-44)31-26-20-16-14-15-19-23-29-35-50(53)60-45(40-58-62(54,55)57-37-36-51)39-56-49(52)34-28-22-18-13-11-10-12-17-21-27-33-48-43(5)42(4)47(61-48)32-25-9-7-2/h38,45H,6-37,39-40,51H2,1-5H3,(H,54,55)/t45-/m1/s1. The van der Waals surface area contributed by atoms with E-state index in [2.05, 4.69) is 40.7 Å². The van der Waals surface area contributed by atoms with Crippen LogP contribution in [0.3, 0.4) is 0 Å². The molecule has 11 nitrogen and oxygen atoms in total. The Morgan fingerprint density at radius 1 is 0.597 bits per heavy atom. The quantitative estimate of drug-likeness (QED) is 0.0371. The van der Waals surface area contributed by atoms with Crippen molar-refractivity contribution in [3.05, 3.63) is 45.8 Å². The van der Waals surface area contributed by atoms with Gasteiger partial charge >= 0.3 is 19.8 Å². The van der Waals surface area contributed by atoms with Crippen molar-refractivity contribution >= 4 is 19.8 Å². The average molecular weight is 894 g/mol. The molecule has 0 saturated heterocycles. The first-order valence-electron chi connectivity index (χ1n) is 24.8. The molecule has 0 aliphatic carbocycles. The number of phosphoric acid groups is 1. The van der Waals surface area contributed by atoms with Crippen LogP contribution in [0.15, 0.2) is 14.9 Å². The van der Waals surface area contributed by atoms with Gasteiger partial charge in [0.15, 0.2) is 6.10 Å². The number of carbonyl (C=O) groups excluding carboxylic acids is 2. The van der Waals surface area contributed by atoms with E-state index in [0.717, 1.165) is 95.0 Å². The molecule has 0 bridgehead atoms. The number of hydrogen-bond acceptors (Lipinski definition) is 10. The molecule has 358 valence electrons. The molecule has 0 aliphatic heterocycles. The minimum atomic E-state index is -4.40. The molecule has 0 aromatic carbocycles. The maximum atomic E-state index is 12.7. The lowest BCUT2D eigenvalue weighted by Gasteiger charge is -2.19. The molecule has 0 radical (unpaired) electrons. The molecule has 12 heteroatoms. The average Bonchev–Trinajstić information content (AvgIpc) is 3.74. The van der Waals surface area contributed by atoms with Gasteiger partial charge in [0.05, 0.1) is 13.2 Å². The first-order chi connectivity index (χ1) is 30.0. The number of ether oxygens (including phenoxy) is 2. The monoisotopic (exact) mass is 894 g/mol. The molecule has 0 spiro atoms. The van der Waals surface area contributed by atoms with Crippen molar-refractivity contribution in [1.82, 2.24) is 0 Å². The van der Waals surface area contributed by atoms with Crippen LogP contribution in [0.5, 0.6) is 0 Å². The number of esters is 2. The maximum Gasteiger partial charge on any atom is 0.472 e. The highest BCUT2D eigenvalue weighted by atomic mass is 31.2. The Kier molecular flexibility index (Phi) is 31.4. The van der Waals surface area contributed by atoms with Crippen molar-refractivity contribution < 1.29 is 46.4 Å². The van der Waals surface area contributed by atoms with Crippen LogP contribution in [0.4, 0.5) is 0 Å². The molecule has 2 atom stereocenters. The predicted molar refractivity (Wildman–Crippen MR) is 249 cm³/mol. The topological polar surface area (TPSA) is 161 Å². The van der Waals surface area contributed by atoms with Gasteiger partial charge < -0.3 is 28.9 Å². The summed E-state index contributed by atoms with van der Waals surface area (Å²) in [6.07, 6.45) is 30.5. The number of unbranched alkanes of at least 4 members (excludes halogenated alkanes) is 20. The summed E-state index contributed by atoms with van der Waals surface area (Å²) < 4.78 is 45.3. The molecule has 2 heterocycles. The van der Waals surface area contributed by atoms with Crippen LogP contribution in [0.2, 0.25) is 0 Å². The van der Waals surface area contributed by atoms with E-state index in [4.69, 9.17) is 33.1 Å². The van der Waals surface area contributed by atoms with E-state index >= 15 is 0 Å². The summed E-state index contributed by atoms with van der Waals surface area (Å²) in [5, 5.41) is 0. The second kappa shape index (κ2) is 34.9. The summed E-state index contributed by atoms with van der Waals surface area (Å²) in [7, 11) is -4.40. The first kappa shape index (κ1) is 55.7. The van der Waals surface area contributed by atoms with E-state index in [0.29, 0.717) is 6.42 Å². The van der Waals surface area contributed by atoms with Gasteiger partial charge in [-0.1, -0.05) is 129 Å². The van der Waals surface area contributed by atoms with Gasteiger partial charge in [-0.05, 0) is 82.1 Å². The summed E-state index contributed by atoms with van der Waals surface area (Å²) in [6.45, 7) is 10.2. The van der Waals surface area contributed by atoms with Crippen LogP contribution in [0.25, 0.3) is 0 Å². The SMILES string of the molecule is CCCCCc1cc(C)c(CCCCCCCCCCC(=O)O[C@H](COC(=O)CCCCCCCCCCCCc2oc(CCCCC)c(C)c2C)COP(=O)(O)OCCN)o1. The Labute approximate surface area is 376 Å². The van der Waals surface area contributed by atoms with Crippen molar-refractivity contribution in [3.63, 3.8) is 0 Å². The summed E-state index contributed by atoms with van der Waals surface area (Å²) in [4.78, 5) is 35.2. The highest BCUT2D eigenvalue weighted by molar-refractivity contribution is 7.47. The van der Waals surface area contributed by atoms with E-state index in [1.165, 1.54) is 118 Å². The van der Waals surface area contributed by atoms with Gasteiger partial charge in [-0.25, -0.2) is 4.57 Å². The lowest BCUT2D eigenvalue weighted by atomic mass is 10.0. The van der Waals surface area contributed by atoms with Gasteiger partial charge in [-0.2, -0.15) is 0 Å². The third kappa shape index (κ3) is 26.4. The largest absolute Gasteiger partial charge is 0.472 e. The fourth-order valence-electron chi connectivity index (χ4n) is 7.83. The molecule has 3 N–H and O–H groups in total. The lowest BCUT2D eigenvalue weighted by Crippen LogP contribution is -2.29. The predicted octanol–water partition coefficient (Wildman–Crippen LogP) is 13.4. The summed E-state index contributed by atoms with van der Waals surface area (Å²) >= 11 is 0. The molecule has 62 heavy (non-hydrogen) atoms. The normalized spacial score (nSPS) is 13.1. The molecule has 0 amide bonds. The van der Waals surface area contributed by atoms with Gasteiger partial charge in [-0.15, -0.1) is 0 Å². The summed E-state index contributed by atoms with van der Waals surface area (Å²) in [5.41, 5.74) is 9.34. The number of rotatable bonds is 41. The zero-order valence-electron chi connectivity index (χ0n) is 39.8.